The summed E-state index contributed by atoms with van der Waals surface area (Å²) in [5, 5.41) is 2.92. The second-order valence-electron chi connectivity index (χ2n) is 5.99. The predicted octanol–water partition coefficient (Wildman–Crippen LogP) is 1.34. The number of likely N-dealkylation sites (N-methyl/N-ethyl adjacent to an activating group) is 1. The Morgan fingerprint density at radius 2 is 2.19 bits per heavy atom. The highest BCUT2D eigenvalue weighted by Gasteiger charge is 2.37. The Morgan fingerprint density at radius 1 is 1.43 bits per heavy atom. The molecule has 3 rings (SSSR count). The summed E-state index contributed by atoms with van der Waals surface area (Å²) in [5.74, 6) is 0.439. The van der Waals surface area contributed by atoms with Crippen molar-refractivity contribution in [3.8, 4) is 0 Å². The Hall–Kier alpha value is -1.40. The molecule has 1 aliphatic heterocycles. The van der Waals surface area contributed by atoms with E-state index in [0.29, 0.717) is 11.4 Å². The molecule has 2 amide bonds. The summed E-state index contributed by atoms with van der Waals surface area (Å²) in [6.45, 7) is 2.24. The van der Waals surface area contributed by atoms with Crippen LogP contribution in [-0.2, 0) is 11.2 Å². The fraction of sp³-hybridized carbons (Fsp3) is 0.600. The minimum atomic E-state index is -0.0323. The minimum Gasteiger partial charge on any atom is -0.350 e. The van der Waals surface area contributed by atoms with Crippen molar-refractivity contribution in [3.63, 3.8) is 0 Å². The summed E-state index contributed by atoms with van der Waals surface area (Å²) in [4.78, 5) is 30.1. The van der Waals surface area contributed by atoms with Gasteiger partial charge in [-0.15, -0.1) is 11.3 Å². The van der Waals surface area contributed by atoms with Gasteiger partial charge in [0.1, 0.15) is 0 Å². The zero-order chi connectivity index (χ0) is 15.0. The number of hydrogen-bond donors (Lipinski definition) is 1. The van der Waals surface area contributed by atoms with Crippen molar-refractivity contribution in [2.24, 2.45) is 5.92 Å². The number of rotatable bonds is 5. The second kappa shape index (κ2) is 5.77. The van der Waals surface area contributed by atoms with E-state index in [9.17, 15) is 9.59 Å². The van der Waals surface area contributed by atoms with Crippen LogP contribution in [0.25, 0.3) is 0 Å². The monoisotopic (exact) mass is 307 g/mol. The van der Waals surface area contributed by atoms with Gasteiger partial charge >= 0.3 is 0 Å². The molecule has 5 nitrogen and oxygen atoms in total. The summed E-state index contributed by atoms with van der Waals surface area (Å²) in [7, 11) is 3.96. The van der Waals surface area contributed by atoms with Crippen LogP contribution in [0.4, 0.5) is 5.69 Å². The first-order chi connectivity index (χ1) is 10.1. The third-order valence-electron chi connectivity index (χ3n) is 3.90. The molecule has 6 heteroatoms. The number of carbonyl (C=O) groups excluding carboxylic acids is 2. The maximum Gasteiger partial charge on any atom is 0.261 e. The summed E-state index contributed by atoms with van der Waals surface area (Å²) in [6.07, 6.45) is 2.92. The molecule has 0 saturated heterocycles. The fourth-order valence-electron chi connectivity index (χ4n) is 2.53. The van der Waals surface area contributed by atoms with Gasteiger partial charge in [-0.05, 0) is 33.0 Å². The number of nitrogens with one attached hydrogen (secondary N) is 1. The van der Waals surface area contributed by atoms with Crippen LogP contribution >= 0.6 is 11.3 Å². The summed E-state index contributed by atoms with van der Waals surface area (Å²) >= 11 is 1.52. The molecule has 1 aromatic heterocycles. The zero-order valence-corrected chi connectivity index (χ0v) is 13.3. The van der Waals surface area contributed by atoms with Crippen molar-refractivity contribution in [2.45, 2.75) is 19.3 Å². The largest absolute Gasteiger partial charge is 0.350 e. The van der Waals surface area contributed by atoms with Gasteiger partial charge in [0.15, 0.2) is 0 Å². The van der Waals surface area contributed by atoms with E-state index < -0.39 is 0 Å². The van der Waals surface area contributed by atoms with Gasteiger partial charge in [0, 0.05) is 36.9 Å². The highest BCUT2D eigenvalue weighted by molar-refractivity contribution is 7.14. The molecule has 1 N–H and O–H groups in total. The third kappa shape index (κ3) is 3.11. The topological polar surface area (TPSA) is 52.7 Å². The van der Waals surface area contributed by atoms with Gasteiger partial charge in [-0.3, -0.25) is 9.59 Å². The molecule has 114 valence electrons. The average molecular weight is 307 g/mol. The molecule has 21 heavy (non-hydrogen) atoms. The van der Waals surface area contributed by atoms with Crippen molar-refractivity contribution in [1.29, 1.82) is 0 Å². The second-order valence-corrected chi connectivity index (χ2v) is 7.13. The fourth-order valence-corrected chi connectivity index (χ4v) is 3.60. The smallest absolute Gasteiger partial charge is 0.261 e. The molecule has 0 bridgehead atoms. The molecule has 1 aromatic rings. The van der Waals surface area contributed by atoms with Crippen LogP contribution in [0.15, 0.2) is 6.07 Å². The first-order valence-electron chi connectivity index (χ1n) is 7.43. The van der Waals surface area contributed by atoms with E-state index in [1.807, 2.05) is 30.0 Å². The van der Waals surface area contributed by atoms with Crippen LogP contribution in [0.5, 0.6) is 0 Å². The van der Waals surface area contributed by atoms with Gasteiger partial charge in [-0.1, -0.05) is 0 Å². The molecule has 2 aliphatic rings. The molecule has 2 heterocycles. The first kappa shape index (κ1) is 14.5. The SMILES string of the molecule is CN(C)CCNC(=O)c1cc2c(s1)CCN2C(=O)C1CC1. The Labute approximate surface area is 128 Å². The van der Waals surface area contributed by atoms with Gasteiger partial charge in [0.25, 0.3) is 5.91 Å². The van der Waals surface area contributed by atoms with Gasteiger partial charge in [0.05, 0.1) is 10.6 Å². The van der Waals surface area contributed by atoms with Crippen molar-refractivity contribution in [3.05, 3.63) is 15.8 Å². The van der Waals surface area contributed by atoms with Crippen molar-refractivity contribution >= 4 is 28.8 Å². The van der Waals surface area contributed by atoms with Crippen LogP contribution in [0.1, 0.15) is 27.4 Å². The van der Waals surface area contributed by atoms with Crippen LogP contribution in [0.2, 0.25) is 0 Å². The maximum absolute atomic E-state index is 12.2. The van der Waals surface area contributed by atoms with Gasteiger partial charge in [-0.25, -0.2) is 0 Å². The number of nitrogens with zero attached hydrogens (tertiary/aromatic N) is 2. The normalized spacial score (nSPS) is 17.2. The number of amides is 2. The number of hydrogen-bond acceptors (Lipinski definition) is 4. The number of carbonyl (C=O) groups is 2. The van der Waals surface area contributed by atoms with Crippen molar-refractivity contribution in [1.82, 2.24) is 10.2 Å². The van der Waals surface area contributed by atoms with E-state index in [-0.39, 0.29) is 17.7 Å². The average Bonchev–Trinajstić information content (AvgIpc) is 3.07. The molecule has 1 aliphatic carbocycles. The summed E-state index contributed by atoms with van der Waals surface area (Å²) in [6, 6.07) is 1.89. The standard InChI is InChI=1S/C15H21N3O2S/c1-17(2)8-6-16-14(19)13-9-11-12(21-13)5-7-18(11)15(20)10-3-4-10/h9-10H,3-8H2,1-2H3,(H,16,19). The lowest BCUT2D eigenvalue weighted by Gasteiger charge is -2.15. The molecule has 0 aromatic carbocycles. The molecular formula is C15H21N3O2S. The molecule has 0 radical (unpaired) electrons. The Kier molecular flexibility index (Phi) is 3.99. The van der Waals surface area contributed by atoms with Gasteiger partial charge in [0.2, 0.25) is 5.91 Å². The quantitative estimate of drug-likeness (QED) is 0.893. The lowest BCUT2D eigenvalue weighted by Crippen LogP contribution is -2.31. The lowest BCUT2D eigenvalue weighted by molar-refractivity contribution is -0.119. The maximum atomic E-state index is 12.2. The van der Waals surface area contributed by atoms with Gasteiger partial charge < -0.3 is 15.1 Å². The van der Waals surface area contributed by atoms with Crippen LogP contribution < -0.4 is 10.2 Å². The van der Waals surface area contributed by atoms with E-state index in [1.165, 1.54) is 16.2 Å². The number of fused-ring (bicyclic) bond motifs is 1. The zero-order valence-electron chi connectivity index (χ0n) is 12.5. The van der Waals surface area contributed by atoms with Crippen LogP contribution in [0.3, 0.4) is 0 Å². The first-order valence-corrected chi connectivity index (χ1v) is 8.25. The predicted molar refractivity (Wildman–Crippen MR) is 84.0 cm³/mol. The Balaban J connectivity index is 1.65. The van der Waals surface area contributed by atoms with Crippen molar-refractivity contribution in [2.75, 3.05) is 38.6 Å². The van der Waals surface area contributed by atoms with E-state index >= 15 is 0 Å². The molecular weight excluding hydrogens is 286 g/mol. The molecule has 1 saturated carbocycles. The van der Waals surface area contributed by atoms with Crippen LogP contribution in [0, 0.1) is 5.92 Å². The molecule has 0 unspecified atom stereocenters. The highest BCUT2D eigenvalue weighted by atomic mass is 32.1. The summed E-state index contributed by atoms with van der Waals surface area (Å²) < 4.78 is 0. The van der Waals surface area contributed by atoms with E-state index in [4.69, 9.17) is 0 Å². The minimum absolute atomic E-state index is 0.0323. The number of anilines is 1. The lowest BCUT2D eigenvalue weighted by atomic mass is 10.3. The van der Waals surface area contributed by atoms with Crippen molar-refractivity contribution < 1.29 is 9.59 Å². The Morgan fingerprint density at radius 3 is 2.86 bits per heavy atom. The molecule has 1 fully saturated rings. The summed E-state index contributed by atoms with van der Waals surface area (Å²) in [5.41, 5.74) is 0.967. The third-order valence-corrected chi connectivity index (χ3v) is 5.08. The highest BCUT2D eigenvalue weighted by Crippen LogP contribution is 2.40. The van der Waals surface area contributed by atoms with Gasteiger partial charge in [-0.2, -0.15) is 0 Å². The molecule has 0 atom stereocenters. The number of thiophene rings is 1. The molecule has 0 spiro atoms. The Bertz CT molecular complexity index is 563. The van der Waals surface area contributed by atoms with Crippen LogP contribution in [-0.4, -0.2) is 50.4 Å². The van der Waals surface area contributed by atoms with E-state index in [0.717, 1.165) is 38.0 Å². The van der Waals surface area contributed by atoms with E-state index in [1.54, 1.807) is 0 Å². The van der Waals surface area contributed by atoms with E-state index in [2.05, 4.69) is 5.32 Å².